The van der Waals surface area contributed by atoms with Crippen LogP contribution in [0.3, 0.4) is 0 Å². The lowest BCUT2D eigenvalue weighted by atomic mass is 10.1. The van der Waals surface area contributed by atoms with E-state index in [0.29, 0.717) is 12.2 Å². The molecule has 0 aliphatic carbocycles. The highest BCUT2D eigenvalue weighted by Crippen LogP contribution is 2.27. The number of rotatable bonds is 4. The highest BCUT2D eigenvalue weighted by molar-refractivity contribution is 6.32. The van der Waals surface area contributed by atoms with Crippen molar-refractivity contribution in [1.82, 2.24) is 0 Å². The molecule has 0 saturated heterocycles. The van der Waals surface area contributed by atoms with Crippen LogP contribution in [0.15, 0.2) is 36.4 Å². The zero-order chi connectivity index (χ0) is 14.7. The molecule has 0 fully saturated rings. The Morgan fingerprint density at radius 3 is 2.55 bits per heavy atom. The summed E-state index contributed by atoms with van der Waals surface area (Å²) in [5.41, 5.74) is 4.20. The van der Waals surface area contributed by atoms with Crippen molar-refractivity contribution in [2.24, 2.45) is 0 Å². The fourth-order valence-corrected chi connectivity index (χ4v) is 2.07. The normalized spacial score (nSPS) is 10.3. The molecule has 0 aliphatic rings. The number of aryl methyl sites for hydroxylation is 2. The molecule has 2 aromatic rings. The average molecular weight is 291 g/mol. The summed E-state index contributed by atoms with van der Waals surface area (Å²) in [6.07, 6.45) is 0. The van der Waals surface area contributed by atoms with Crippen LogP contribution in [0.2, 0.25) is 5.02 Å². The molecule has 0 saturated carbocycles. The fourth-order valence-electron chi connectivity index (χ4n) is 1.88. The maximum Gasteiger partial charge on any atom is 0.289 e. The van der Waals surface area contributed by atoms with Crippen LogP contribution < -0.4 is 5.32 Å². The molecule has 0 aromatic heterocycles. The van der Waals surface area contributed by atoms with Gasteiger partial charge in [-0.2, -0.15) is 0 Å². The quantitative estimate of drug-likeness (QED) is 0.667. The molecule has 0 atom stereocenters. The van der Waals surface area contributed by atoms with E-state index in [0.717, 1.165) is 5.56 Å². The topological polar surface area (TPSA) is 55.2 Å². The van der Waals surface area contributed by atoms with Crippen LogP contribution >= 0.6 is 11.6 Å². The van der Waals surface area contributed by atoms with Crippen LogP contribution in [0.5, 0.6) is 0 Å². The van der Waals surface area contributed by atoms with Gasteiger partial charge in [-0.3, -0.25) is 10.1 Å². The molecule has 20 heavy (non-hydrogen) atoms. The van der Waals surface area contributed by atoms with Crippen molar-refractivity contribution in [2.45, 2.75) is 20.4 Å². The minimum Gasteiger partial charge on any atom is -0.381 e. The highest BCUT2D eigenvalue weighted by atomic mass is 35.5. The summed E-state index contributed by atoms with van der Waals surface area (Å²) in [5.74, 6) is 0. The number of nitro benzene ring substituents is 1. The third-order valence-corrected chi connectivity index (χ3v) is 3.53. The molecule has 4 nitrogen and oxygen atoms in total. The largest absolute Gasteiger partial charge is 0.381 e. The monoisotopic (exact) mass is 290 g/mol. The van der Waals surface area contributed by atoms with Crippen molar-refractivity contribution in [2.75, 3.05) is 5.32 Å². The Hall–Kier alpha value is -2.07. The van der Waals surface area contributed by atoms with E-state index in [1.807, 2.05) is 6.07 Å². The van der Waals surface area contributed by atoms with Crippen molar-refractivity contribution in [1.29, 1.82) is 0 Å². The zero-order valence-corrected chi connectivity index (χ0v) is 12.1. The Morgan fingerprint density at radius 2 is 1.90 bits per heavy atom. The minimum absolute atomic E-state index is 0.0863. The van der Waals surface area contributed by atoms with Gasteiger partial charge in [0.05, 0.1) is 4.92 Å². The van der Waals surface area contributed by atoms with Crippen LogP contribution in [-0.2, 0) is 6.54 Å². The van der Waals surface area contributed by atoms with Crippen LogP contribution in [-0.4, -0.2) is 4.92 Å². The van der Waals surface area contributed by atoms with E-state index in [4.69, 9.17) is 11.6 Å². The predicted molar refractivity (Wildman–Crippen MR) is 81.3 cm³/mol. The first-order chi connectivity index (χ1) is 9.47. The van der Waals surface area contributed by atoms with Gasteiger partial charge in [0.1, 0.15) is 5.02 Å². The SMILES string of the molecule is Cc1ccc(CNc2ccc(Cl)c([N+](=O)[O-])c2)cc1C. The van der Waals surface area contributed by atoms with E-state index in [1.54, 1.807) is 6.07 Å². The molecule has 104 valence electrons. The number of nitro groups is 1. The number of halogens is 1. The van der Waals surface area contributed by atoms with Crippen LogP contribution in [0.1, 0.15) is 16.7 Å². The van der Waals surface area contributed by atoms with E-state index >= 15 is 0 Å². The highest BCUT2D eigenvalue weighted by Gasteiger charge is 2.12. The van der Waals surface area contributed by atoms with Gasteiger partial charge in [-0.05, 0) is 42.7 Å². The second-order valence-electron chi connectivity index (χ2n) is 4.70. The summed E-state index contributed by atoms with van der Waals surface area (Å²) in [4.78, 5) is 10.3. The van der Waals surface area contributed by atoms with Crippen LogP contribution in [0.25, 0.3) is 0 Å². The van der Waals surface area contributed by atoms with Gasteiger partial charge in [0.25, 0.3) is 5.69 Å². The molecular weight excluding hydrogens is 276 g/mol. The molecule has 2 rings (SSSR count). The lowest BCUT2D eigenvalue weighted by molar-refractivity contribution is -0.384. The average Bonchev–Trinajstić information content (AvgIpc) is 2.41. The molecule has 2 aromatic carbocycles. The van der Waals surface area contributed by atoms with Gasteiger partial charge in [-0.1, -0.05) is 29.8 Å². The second kappa shape index (κ2) is 5.92. The molecule has 0 bridgehead atoms. The van der Waals surface area contributed by atoms with E-state index in [9.17, 15) is 10.1 Å². The van der Waals surface area contributed by atoms with Gasteiger partial charge in [0.2, 0.25) is 0 Å². The van der Waals surface area contributed by atoms with E-state index in [2.05, 4.69) is 31.3 Å². The van der Waals surface area contributed by atoms with Crippen LogP contribution in [0.4, 0.5) is 11.4 Å². The Morgan fingerprint density at radius 1 is 1.15 bits per heavy atom. The van der Waals surface area contributed by atoms with Crippen LogP contribution in [0, 0.1) is 24.0 Å². The molecule has 0 heterocycles. The maximum absolute atomic E-state index is 10.8. The zero-order valence-electron chi connectivity index (χ0n) is 11.3. The van der Waals surface area contributed by atoms with Gasteiger partial charge in [0, 0.05) is 18.3 Å². The van der Waals surface area contributed by atoms with Crippen molar-refractivity contribution in [3.63, 3.8) is 0 Å². The maximum atomic E-state index is 10.8. The number of hydrogen-bond donors (Lipinski definition) is 1. The molecular formula is C15H15ClN2O2. The number of benzene rings is 2. The summed E-state index contributed by atoms with van der Waals surface area (Å²) in [5, 5.41) is 14.1. The lowest BCUT2D eigenvalue weighted by Gasteiger charge is -2.09. The minimum atomic E-state index is -0.483. The first kappa shape index (κ1) is 14.3. The number of anilines is 1. The Kier molecular flexibility index (Phi) is 4.25. The predicted octanol–water partition coefficient (Wildman–Crippen LogP) is 4.48. The smallest absolute Gasteiger partial charge is 0.289 e. The van der Waals surface area contributed by atoms with Gasteiger partial charge in [-0.15, -0.1) is 0 Å². The first-order valence-corrected chi connectivity index (χ1v) is 6.59. The van der Waals surface area contributed by atoms with Gasteiger partial charge >= 0.3 is 0 Å². The first-order valence-electron chi connectivity index (χ1n) is 6.21. The summed E-state index contributed by atoms with van der Waals surface area (Å²) in [6, 6.07) is 10.9. The van der Waals surface area contributed by atoms with E-state index in [1.165, 1.54) is 23.3 Å². The summed E-state index contributed by atoms with van der Waals surface area (Å²) in [6.45, 7) is 4.74. The standard InChI is InChI=1S/C15H15ClN2O2/c1-10-3-4-12(7-11(10)2)9-17-13-5-6-14(16)15(8-13)18(19)20/h3-8,17H,9H2,1-2H3. The summed E-state index contributed by atoms with van der Waals surface area (Å²) >= 11 is 5.78. The Labute approximate surface area is 122 Å². The molecule has 1 N–H and O–H groups in total. The van der Waals surface area contributed by atoms with Gasteiger partial charge in [0.15, 0.2) is 0 Å². The van der Waals surface area contributed by atoms with E-state index < -0.39 is 4.92 Å². The molecule has 0 amide bonds. The third-order valence-electron chi connectivity index (χ3n) is 3.21. The van der Waals surface area contributed by atoms with Gasteiger partial charge in [-0.25, -0.2) is 0 Å². The molecule has 0 spiro atoms. The summed E-state index contributed by atoms with van der Waals surface area (Å²) in [7, 11) is 0. The summed E-state index contributed by atoms with van der Waals surface area (Å²) < 4.78 is 0. The van der Waals surface area contributed by atoms with Gasteiger partial charge < -0.3 is 5.32 Å². The molecule has 0 radical (unpaired) electrons. The molecule has 0 unspecified atom stereocenters. The number of hydrogen-bond acceptors (Lipinski definition) is 3. The Balaban J connectivity index is 2.12. The van der Waals surface area contributed by atoms with Crippen molar-refractivity contribution in [3.05, 3.63) is 68.2 Å². The number of nitrogens with zero attached hydrogens (tertiary/aromatic N) is 1. The third kappa shape index (κ3) is 3.27. The second-order valence-corrected chi connectivity index (χ2v) is 5.10. The fraction of sp³-hybridized carbons (Fsp3) is 0.200. The number of nitrogens with one attached hydrogen (secondary N) is 1. The van der Waals surface area contributed by atoms with Crippen molar-refractivity contribution in [3.8, 4) is 0 Å². The Bertz CT molecular complexity index is 656. The lowest BCUT2D eigenvalue weighted by Crippen LogP contribution is -2.01. The van der Waals surface area contributed by atoms with E-state index in [-0.39, 0.29) is 10.7 Å². The molecule has 5 heteroatoms. The molecule has 0 aliphatic heterocycles. The van der Waals surface area contributed by atoms with Crippen molar-refractivity contribution >= 4 is 23.0 Å². The van der Waals surface area contributed by atoms with Crippen molar-refractivity contribution < 1.29 is 4.92 Å².